The first-order chi connectivity index (χ1) is 13.1. The van der Waals surface area contributed by atoms with Crippen molar-refractivity contribution in [1.29, 1.82) is 0 Å². The first-order valence-corrected chi connectivity index (χ1v) is 9.24. The van der Waals surface area contributed by atoms with E-state index in [2.05, 4.69) is 38.4 Å². The number of rotatable bonds is 3. The predicted molar refractivity (Wildman–Crippen MR) is 108 cm³/mol. The second-order valence-corrected chi connectivity index (χ2v) is 6.97. The fraction of sp³-hybridized carbons (Fsp3) is 0.190. The molecule has 0 spiro atoms. The topological polar surface area (TPSA) is 58.1 Å². The minimum atomic E-state index is -0.312. The molecule has 3 aromatic rings. The summed E-state index contributed by atoms with van der Waals surface area (Å²) in [5, 5.41) is 3.41. The summed E-state index contributed by atoms with van der Waals surface area (Å²) in [6, 6.07) is 13.7. The molecule has 1 aliphatic rings. The van der Waals surface area contributed by atoms with E-state index in [0.29, 0.717) is 10.7 Å². The maximum absolute atomic E-state index is 12.4. The molecular weight excluding hydrogens is 360 g/mol. The van der Waals surface area contributed by atoms with Crippen molar-refractivity contribution < 1.29 is 4.79 Å². The summed E-state index contributed by atoms with van der Waals surface area (Å²) in [6.07, 6.45) is 5.30. The molecule has 1 aliphatic heterocycles. The molecule has 0 unspecified atom stereocenters. The Morgan fingerprint density at radius 2 is 2.00 bits per heavy atom. The number of aromatic nitrogens is 2. The van der Waals surface area contributed by atoms with Crippen LogP contribution in [0.4, 0.5) is 17.2 Å². The van der Waals surface area contributed by atoms with Gasteiger partial charge in [0.05, 0.1) is 12.4 Å². The van der Waals surface area contributed by atoms with Gasteiger partial charge in [0.2, 0.25) is 0 Å². The molecule has 0 radical (unpaired) electrons. The molecule has 2 aromatic carbocycles. The smallest absolute Gasteiger partial charge is 0.275 e. The summed E-state index contributed by atoms with van der Waals surface area (Å²) in [6.45, 7) is 2.80. The van der Waals surface area contributed by atoms with E-state index in [1.807, 2.05) is 25.1 Å². The van der Waals surface area contributed by atoms with Crippen molar-refractivity contribution in [2.75, 3.05) is 16.8 Å². The number of nitrogens with one attached hydrogen (secondary N) is 1. The van der Waals surface area contributed by atoms with Gasteiger partial charge in [0.25, 0.3) is 5.91 Å². The Balaban J connectivity index is 1.52. The summed E-state index contributed by atoms with van der Waals surface area (Å²) in [5.74, 6) is 0.435. The van der Waals surface area contributed by atoms with E-state index in [-0.39, 0.29) is 11.6 Å². The van der Waals surface area contributed by atoms with Crippen LogP contribution in [0.25, 0.3) is 0 Å². The molecule has 4 rings (SSSR count). The van der Waals surface area contributed by atoms with Crippen molar-refractivity contribution >= 4 is 34.7 Å². The number of nitrogens with zero attached hydrogens (tertiary/aromatic N) is 3. The minimum absolute atomic E-state index is 0.265. The third-order valence-electron chi connectivity index (χ3n) is 4.69. The zero-order valence-electron chi connectivity index (χ0n) is 14.9. The lowest BCUT2D eigenvalue weighted by molar-refractivity contribution is 0.102. The molecule has 1 N–H and O–H groups in total. The van der Waals surface area contributed by atoms with Gasteiger partial charge in [0.1, 0.15) is 5.69 Å². The number of carbonyl (C=O) groups excluding carboxylic acids is 1. The van der Waals surface area contributed by atoms with Crippen LogP contribution < -0.4 is 10.2 Å². The molecule has 5 nitrogen and oxygen atoms in total. The van der Waals surface area contributed by atoms with E-state index in [9.17, 15) is 4.79 Å². The number of halogens is 1. The molecule has 0 bridgehead atoms. The van der Waals surface area contributed by atoms with Crippen LogP contribution >= 0.6 is 11.6 Å². The maximum atomic E-state index is 12.4. The lowest BCUT2D eigenvalue weighted by atomic mass is 10.0. The van der Waals surface area contributed by atoms with Crippen molar-refractivity contribution in [3.8, 4) is 0 Å². The molecule has 0 saturated carbocycles. The predicted octanol–water partition coefficient (Wildman–Crippen LogP) is 4.78. The van der Waals surface area contributed by atoms with Crippen molar-refractivity contribution in [3.05, 3.63) is 76.7 Å². The normalized spacial score (nSPS) is 13.2. The first kappa shape index (κ1) is 17.5. The van der Waals surface area contributed by atoms with Crippen LogP contribution in [0.3, 0.4) is 0 Å². The number of anilines is 3. The lowest BCUT2D eigenvalue weighted by Crippen LogP contribution is -2.25. The Morgan fingerprint density at radius 1 is 1.15 bits per heavy atom. The van der Waals surface area contributed by atoms with E-state index in [1.165, 1.54) is 11.8 Å². The van der Waals surface area contributed by atoms with Crippen molar-refractivity contribution in [1.82, 2.24) is 9.97 Å². The molecule has 0 fully saturated rings. The third kappa shape index (κ3) is 3.64. The number of hydrogen-bond donors (Lipinski definition) is 1. The van der Waals surface area contributed by atoms with E-state index in [1.54, 1.807) is 12.3 Å². The standard InChI is InChI=1S/C21H19ClN4O/c1-14-8-9-16(11-17(14)22)25-21(27)18-12-24-20(13-23-18)26-10-4-6-15-5-2-3-7-19(15)26/h2-3,5,7-9,11-13H,4,6,10H2,1H3,(H,25,27). The van der Waals surface area contributed by atoms with Gasteiger partial charge in [-0.2, -0.15) is 0 Å². The van der Waals surface area contributed by atoms with E-state index in [0.717, 1.165) is 36.5 Å². The summed E-state index contributed by atoms with van der Waals surface area (Å²) < 4.78 is 0. The van der Waals surface area contributed by atoms with Gasteiger partial charge < -0.3 is 10.2 Å². The quantitative estimate of drug-likeness (QED) is 0.712. The Labute approximate surface area is 163 Å². The van der Waals surface area contributed by atoms with Crippen LogP contribution in [0.2, 0.25) is 5.02 Å². The molecular formula is C21H19ClN4O. The van der Waals surface area contributed by atoms with Gasteiger partial charge in [0.15, 0.2) is 5.82 Å². The van der Waals surface area contributed by atoms with Gasteiger partial charge in [0, 0.05) is 22.9 Å². The average molecular weight is 379 g/mol. The lowest BCUT2D eigenvalue weighted by Gasteiger charge is -2.30. The number of hydrogen-bond acceptors (Lipinski definition) is 4. The molecule has 0 saturated heterocycles. The molecule has 1 aromatic heterocycles. The number of benzene rings is 2. The molecule has 27 heavy (non-hydrogen) atoms. The average Bonchev–Trinajstić information content (AvgIpc) is 2.70. The Hall–Kier alpha value is -2.92. The number of aryl methyl sites for hydroxylation is 2. The Bertz CT molecular complexity index is 988. The fourth-order valence-corrected chi connectivity index (χ4v) is 3.40. The number of carbonyl (C=O) groups is 1. The van der Waals surface area contributed by atoms with Crippen molar-refractivity contribution in [2.24, 2.45) is 0 Å². The summed E-state index contributed by atoms with van der Waals surface area (Å²) >= 11 is 6.11. The summed E-state index contributed by atoms with van der Waals surface area (Å²) in [5.41, 5.74) is 4.32. The monoisotopic (exact) mass is 378 g/mol. The highest BCUT2D eigenvalue weighted by molar-refractivity contribution is 6.31. The van der Waals surface area contributed by atoms with Crippen LogP contribution in [0.5, 0.6) is 0 Å². The Morgan fingerprint density at radius 3 is 2.78 bits per heavy atom. The third-order valence-corrected chi connectivity index (χ3v) is 5.09. The Kier molecular flexibility index (Phi) is 4.77. The summed E-state index contributed by atoms with van der Waals surface area (Å²) in [4.78, 5) is 23.4. The highest BCUT2D eigenvalue weighted by Gasteiger charge is 2.19. The molecule has 1 amide bonds. The van der Waals surface area contributed by atoms with Gasteiger partial charge in [-0.05, 0) is 49.1 Å². The van der Waals surface area contributed by atoms with Crippen molar-refractivity contribution in [3.63, 3.8) is 0 Å². The van der Waals surface area contributed by atoms with Crippen molar-refractivity contribution in [2.45, 2.75) is 19.8 Å². The van der Waals surface area contributed by atoms with Gasteiger partial charge >= 0.3 is 0 Å². The highest BCUT2D eigenvalue weighted by Crippen LogP contribution is 2.31. The van der Waals surface area contributed by atoms with E-state index >= 15 is 0 Å². The van der Waals surface area contributed by atoms with Gasteiger partial charge in [-0.25, -0.2) is 9.97 Å². The summed E-state index contributed by atoms with van der Waals surface area (Å²) in [7, 11) is 0. The minimum Gasteiger partial charge on any atom is -0.325 e. The molecule has 0 aliphatic carbocycles. The van der Waals surface area contributed by atoms with E-state index < -0.39 is 0 Å². The van der Waals surface area contributed by atoms with Crippen LogP contribution in [-0.2, 0) is 6.42 Å². The fourth-order valence-electron chi connectivity index (χ4n) is 3.22. The molecule has 2 heterocycles. The zero-order valence-corrected chi connectivity index (χ0v) is 15.7. The highest BCUT2D eigenvalue weighted by atomic mass is 35.5. The van der Waals surface area contributed by atoms with Gasteiger partial charge in [-0.15, -0.1) is 0 Å². The number of fused-ring (bicyclic) bond motifs is 1. The zero-order chi connectivity index (χ0) is 18.8. The SMILES string of the molecule is Cc1ccc(NC(=O)c2cnc(N3CCCc4ccccc43)cn2)cc1Cl. The van der Waals surface area contributed by atoms with Crippen LogP contribution in [0.15, 0.2) is 54.9 Å². The second kappa shape index (κ2) is 7.37. The molecule has 136 valence electrons. The van der Waals surface area contributed by atoms with Gasteiger partial charge in [-0.3, -0.25) is 4.79 Å². The molecule has 0 atom stereocenters. The molecule has 6 heteroatoms. The van der Waals surface area contributed by atoms with Gasteiger partial charge in [-0.1, -0.05) is 35.9 Å². The van der Waals surface area contributed by atoms with E-state index in [4.69, 9.17) is 11.6 Å². The first-order valence-electron chi connectivity index (χ1n) is 8.87. The van der Waals surface area contributed by atoms with Crippen LogP contribution in [0, 0.1) is 6.92 Å². The second-order valence-electron chi connectivity index (χ2n) is 6.56. The largest absolute Gasteiger partial charge is 0.325 e. The van der Waals surface area contributed by atoms with Crippen LogP contribution in [0.1, 0.15) is 28.0 Å². The van der Waals surface area contributed by atoms with Crippen LogP contribution in [-0.4, -0.2) is 22.4 Å². The maximum Gasteiger partial charge on any atom is 0.275 e. The number of para-hydroxylation sites is 1. The number of amides is 1.